The number of fused-ring (bicyclic) bond motifs is 13. The second-order valence-electron chi connectivity index (χ2n) is 18.2. The van der Waals surface area contributed by atoms with Gasteiger partial charge in [-0.15, -0.1) is 56.7 Å². The predicted molar refractivity (Wildman–Crippen MR) is 305 cm³/mol. The van der Waals surface area contributed by atoms with Gasteiger partial charge >= 0.3 is 5.97 Å². The summed E-state index contributed by atoms with van der Waals surface area (Å²) in [6, 6.07) is 2.64. The zero-order chi connectivity index (χ0) is 58.3. The molecule has 25 nitrogen and oxygen atoms in total. The number of primary amides is 1. The lowest BCUT2D eigenvalue weighted by atomic mass is 10.1. The number of cyclic esters (lactones) is 1. The van der Waals surface area contributed by atoms with Crippen molar-refractivity contribution in [1.29, 1.82) is 0 Å². The summed E-state index contributed by atoms with van der Waals surface area (Å²) in [5.74, 6) is -6.66. The van der Waals surface area contributed by atoms with E-state index in [4.69, 9.17) is 20.4 Å². The Kier molecular flexibility index (Phi) is 16.3. The number of benzene rings is 1. The third-order valence-electron chi connectivity index (χ3n) is 12.6. The van der Waals surface area contributed by atoms with E-state index in [1.54, 1.807) is 37.4 Å². The summed E-state index contributed by atoms with van der Waals surface area (Å²) in [5, 5.41) is 55.1. The number of hydrogen-bond acceptors (Lipinski definition) is 24. The Morgan fingerprint density at radius 2 is 1.45 bits per heavy atom. The van der Waals surface area contributed by atoms with Crippen LogP contribution in [0, 0.1) is 6.92 Å². The predicted octanol–water partition coefficient (Wildman–Crippen LogP) is 4.88. The molecule has 0 radical (unpaired) electrons. The van der Waals surface area contributed by atoms with E-state index in [-0.39, 0.29) is 99.9 Å². The van der Waals surface area contributed by atoms with Crippen molar-refractivity contribution in [1.82, 2.24) is 61.5 Å². The van der Waals surface area contributed by atoms with E-state index in [1.807, 2.05) is 0 Å². The first-order chi connectivity index (χ1) is 39.2. The number of nitrogens with zero attached hydrogens (tertiary/aromatic N) is 6. The minimum atomic E-state index is -1.84. The van der Waals surface area contributed by atoms with Gasteiger partial charge in [0, 0.05) is 55.5 Å². The molecule has 420 valence electrons. The molecule has 0 spiro atoms. The highest BCUT2D eigenvalue weighted by Gasteiger charge is 2.33. The van der Waals surface area contributed by atoms with Crippen LogP contribution in [0.3, 0.4) is 0 Å². The van der Waals surface area contributed by atoms with Crippen LogP contribution in [-0.2, 0) is 25.7 Å². The number of thiazole rings is 5. The topological polar surface area (TPSA) is 386 Å². The fourth-order valence-electron chi connectivity index (χ4n) is 8.44. The van der Waals surface area contributed by atoms with E-state index in [0.29, 0.717) is 22.0 Å². The molecular weight excluding hydrogens is 1180 g/mol. The number of nitrogens with one attached hydrogen (secondary N) is 6. The highest BCUT2D eigenvalue weighted by Crippen LogP contribution is 2.42. The normalized spacial score (nSPS) is 19.2. The number of carbonyl (C=O) groups excluding carboxylic acids is 8. The van der Waals surface area contributed by atoms with Crippen LogP contribution < -0.4 is 32.3 Å². The number of allylic oxidation sites excluding steroid dienone is 1. The maximum atomic E-state index is 14.5. The van der Waals surface area contributed by atoms with Crippen molar-refractivity contribution in [3.63, 3.8) is 0 Å². The minimum Gasteiger partial charge on any atom is -0.506 e. The molecule has 9 heterocycles. The number of carbonyl (C=O) groups is 8. The lowest BCUT2D eigenvalue weighted by Gasteiger charge is -2.21. The van der Waals surface area contributed by atoms with Crippen LogP contribution in [0.5, 0.6) is 5.75 Å². The molecule has 0 saturated heterocycles. The van der Waals surface area contributed by atoms with Gasteiger partial charge in [0.2, 0.25) is 11.0 Å². The van der Waals surface area contributed by atoms with Gasteiger partial charge in [-0.05, 0) is 44.0 Å². The van der Waals surface area contributed by atoms with Crippen molar-refractivity contribution >= 4 is 132 Å². The number of aromatic amines is 1. The molecule has 82 heavy (non-hydrogen) atoms. The molecule has 0 unspecified atom stereocenters. The Hall–Kier alpha value is -8.43. The average Bonchev–Trinajstić information content (AvgIpc) is 4.37. The molecule has 6 amide bonds. The minimum absolute atomic E-state index is 0.0405. The number of aryl methyl sites for hydroxylation is 1. The fourth-order valence-corrected chi connectivity index (χ4v) is 13.6. The first-order valence-electron chi connectivity index (χ1n) is 24.3. The average molecular weight is 1220 g/mol. The van der Waals surface area contributed by atoms with Gasteiger partial charge in [-0.3, -0.25) is 33.6 Å². The first-order valence-corrected chi connectivity index (χ1v) is 29.7. The van der Waals surface area contributed by atoms with Gasteiger partial charge in [0.25, 0.3) is 29.5 Å². The summed E-state index contributed by atoms with van der Waals surface area (Å²) in [6.45, 7) is 7.74. The smallest absolute Gasteiger partial charge is 0.335 e. The van der Waals surface area contributed by atoms with Gasteiger partial charge in [0.15, 0.2) is 6.10 Å². The molecule has 2 aliphatic rings. The number of aromatic nitrogens is 7. The molecule has 7 aromatic heterocycles. The van der Waals surface area contributed by atoms with E-state index in [1.165, 1.54) is 40.6 Å². The number of rotatable bonds is 5. The van der Waals surface area contributed by atoms with Crippen molar-refractivity contribution in [3.05, 3.63) is 124 Å². The quantitative estimate of drug-likeness (QED) is 0.0810. The molecule has 0 fully saturated rings. The zero-order valence-electron chi connectivity index (χ0n) is 42.7. The van der Waals surface area contributed by atoms with E-state index in [0.717, 1.165) is 68.4 Å². The highest BCUT2D eigenvalue weighted by atomic mass is 32.2. The molecule has 0 aliphatic carbocycles. The van der Waals surface area contributed by atoms with Gasteiger partial charge in [-0.1, -0.05) is 36.5 Å². The lowest BCUT2D eigenvalue weighted by molar-refractivity contribution is -0.155. The van der Waals surface area contributed by atoms with Crippen LogP contribution in [0.2, 0.25) is 0 Å². The molecule has 5 atom stereocenters. The summed E-state index contributed by atoms with van der Waals surface area (Å²) in [7, 11) is 0. The summed E-state index contributed by atoms with van der Waals surface area (Å²) in [6.07, 6.45) is -2.29. The Balaban J connectivity index is 1.11. The van der Waals surface area contributed by atoms with E-state index < -0.39 is 89.0 Å². The molecule has 1 aromatic carbocycles. The highest BCUT2D eigenvalue weighted by molar-refractivity contribution is 8.14. The molecule has 12 bridgehead atoms. The lowest BCUT2D eigenvalue weighted by Crippen LogP contribution is -2.52. The number of aliphatic hydroxyl groups is 2. The third kappa shape index (κ3) is 11.7. The van der Waals surface area contributed by atoms with Gasteiger partial charge in [0.05, 0.1) is 35.3 Å². The van der Waals surface area contributed by atoms with Gasteiger partial charge in [0.1, 0.15) is 83.3 Å². The number of thioether (sulfide) groups is 1. The summed E-state index contributed by atoms with van der Waals surface area (Å²) < 4.78 is 5.63. The van der Waals surface area contributed by atoms with Crippen LogP contribution in [0.1, 0.15) is 111 Å². The van der Waals surface area contributed by atoms with Gasteiger partial charge in [-0.2, -0.15) is 0 Å². The molecular formula is C51H43N13O12S6. The number of aliphatic hydroxyl groups excluding tert-OH is 2. The first kappa shape index (κ1) is 56.8. The second kappa shape index (κ2) is 23.6. The van der Waals surface area contributed by atoms with E-state index in [9.17, 15) is 53.7 Å². The number of esters is 1. The Bertz CT molecular complexity index is 3990. The Morgan fingerprint density at radius 1 is 0.817 bits per heavy atom. The van der Waals surface area contributed by atoms with Gasteiger partial charge in [-0.25, -0.2) is 34.7 Å². The van der Waals surface area contributed by atoms with Crippen LogP contribution in [-0.4, -0.2) is 121 Å². The van der Waals surface area contributed by atoms with Crippen LogP contribution in [0.25, 0.3) is 49.3 Å². The third-order valence-corrected chi connectivity index (χ3v) is 18.1. The number of H-pyrrole nitrogens is 1. The van der Waals surface area contributed by atoms with Gasteiger partial charge < -0.3 is 57.4 Å². The number of amides is 6. The number of ether oxygens (including phenoxy) is 1. The molecule has 10 rings (SSSR count). The van der Waals surface area contributed by atoms with E-state index >= 15 is 0 Å². The molecule has 0 saturated carbocycles. The molecule has 8 aromatic rings. The van der Waals surface area contributed by atoms with Crippen LogP contribution >= 0.6 is 68.4 Å². The van der Waals surface area contributed by atoms with Crippen molar-refractivity contribution in [2.45, 2.75) is 64.1 Å². The molecule has 11 N–H and O–H groups in total. The fraction of sp³-hybridized carbons (Fsp3) is 0.216. The summed E-state index contributed by atoms with van der Waals surface area (Å²) in [5.41, 5.74) is 6.39. The molecule has 2 aliphatic heterocycles. The standard InChI is InChI=1S/C51H43N13O12S6/c1-5-23-46-60-28(14-79-46)41(70)56-25-10-33(67)50(74)76-11-21-7-6-8-24-34(21)18(2)35(54-24)51(75)82-17-31(57-42(71)29-15-80-47(25)61-29)48-58-26(12-78-48)37-22(45-59-30(13-77-45)43(72)64-36(20(4)65)44(73)55-23)9-32(66)38(63-37)49-62-27(16-81-49)40(69)53-19(3)39(52)68/h5-9,12-16,20,25,31,33,36,54,65-67H,3,10-11,17H2,1-2,4H3,(H2,52,68)(H,53,69)(H,55,73)(H,56,70)(H,57,71)(H,64,72)/b23-5-/t20-,25+,31+,33-,36+/m1/s1. The van der Waals surface area contributed by atoms with Crippen LogP contribution in [0.4, 0.5) is 0 Å². The summed E-state index contributed by atoms with van der Waals surface area (Å²) >= 11 is 5.73. The zero-order valence-corrected chi connectivity index (χ0v) is 47.6. The second-order valence-corrected chi connectivity index (χ2v) is 23.5. The maximum Gasteiger partial charge on any atom is 0.335 e. The van der Waals surface area contributed by atoms with Crippen molar-refractivity contribution in [2.75, 3.05) is 5.75 Å². The molecule has 31 heteroatoms. The maximum absolute atomic E-state index is 14.5. The Labute approximate surface area is 486 Å². The number of pyridine rings is 1. The summed E-state index contributed by atoms with van der Waals surface area (Å²) in [4.78, 5) is 140. The largest absolute Gasteiger partial charge is 0.506 e. The Morgan fingerprint density at radius 3 is 2.17 bits per heavy atom. The number of hydrogen-bond donors (Lipinski definition) is 10. The van der Waals surface area contributed by atoms with E-state index in [2.05, 4.69) is 58.1 Å². The monoisotopic (exact) mass is 1220 g/mol. The number of nitrogens with two attached hydrogens (primary N) is 1. The van der Waals surface area contributed by atoms with Crippen molar-refractivity contribution in [2.24, 2.45) is 5.73 Å². The van der Waals surface area contributed by atoms with Crippen molar-refractivity contribution in [3.8, 4) is 38.4 Å². The number of aromatic hydroxyl groups is 1. The van der Waals surface area contributed by atoms with Crippen LogP contribution in [0.15, 0.2) is 69.5 Å². The SMILES string of the molecule is C=C(NC(=O)c1csc(-c2nc3c(cc2O)-c2nc(cs2)C(=O)N[C@@H]([C@@H](C)O)C(=O)N/C(=C\C)c2nc(cs2)C(=O)N[C@H]2C[C@@H](O)C(=O)OCc4cccc5[nH]c(c(C)c45)C(=O)SC[C@H](NC(=O)c4csc2n4)c2nc-3cs2)n1)C(N)=O. The van der Waals surface area contributed by atoms with Crippen molar-refractivity contribution < 1.29 is 58.4 Å².